The molecule has 0 radical (unpaired) electrons. The van der Waals surface area contributed by atoms with Crippen molar-refractivity contribution in [1.29, 1.82) is 0 Å². The van der Waals surface area contributed by atoms with Gasteiger partial charge in [0.05, 0.1) is 24.3 Å². The molecule has 22 heavy (non-hydrogen) atoms. The quantitative estimate of drug-likeness (QED) is 0.807. The van der Waals surface area contributed by atoms with Crippen LogP contribution in [0.4, 0.5) is 4.79 Å². The average Bonchev–Trinajstić information content (AvgIpc) is 2.67. The predicted molar refractivity (Wildman–Crippen MR) is 90.8 cm³/mol. The van der Waals surface area contributed by atoms with Crippen molar-refractivity contribution in [3.8, 4) is 0 Å². The molecule has 0 spiro atoms. The highest BCUT2D eigenvalue weighted by Gasteiger charge is 2.45. The van der Waals surface area contributed by atoms with E-state index in [1.807, 2.05) is 34.6 Å². The number of nitrogens with zero attached hydrogens (tertiary/aromatic N) is 1. The molecule has 1 fully saturated rings. The zero-order valence-corrected chi connectivity index (χ0v) is 16.8. The summed E-state index contributed by atoms with van der Waals surface area (Å²) in [7, 11) is -0.746. The number of rotatable bonds is 3. The fraction of sp³-hybridized carbons (Fsp3) is 0.938. The van der Waals surface area contributed by atoms with Gasteiger partial charge in [-0.05, 0) is 46.1 Å². The van der Waals surface area contributed by atoms with Crippen LogP contribution in [-0.4, -0.2) is 55.8 Å². The van der Waals surface area contributed by atoms with Crippen molar-refractivity contribution in [2.24, 2.45) is 0 Å². The molecule has 0 aromatic carbocycles. The van der Waals surface area contributed by atoms with E-state index in [0.29, 0.717) is 13.0 Å². The van der Waals surface area contributed by atoms with Crippen molar-refractivity contribution in [1.82, 2.24) is 4.90 Å². The molecule has 1 heterocycles. The van der Waals surface area contributed by atoms with Gasteiger partial charge in [-0.25, -0.2) is 4.79 Å². The van der Waals surface area contributed by atoms with Crippen LogP contribution in [0.5, 0.6) is 0 Å². The lowest BCUT2D eigenvalue weighted by Crippen LogP contribution is -2.51. The number of β-amino-alcohol motifs (C(OH)–C–C–N with tert-alkyl or cyclic N) is 1. The molecule has 1 amide bonds. The maximum absolute atomic E-state index is 12.4. The first-order valence-electron chi connectivity index (χ1n) is 8.03. The largest absolute Gasteiger partial charge is 0.444 e. The first-order chi connectivity index (χ1) is 9.71. The first kappa shape index (κ1) is 19.5. The van der Waals surface area contributed by atoms with Crippen LogP contribution in [0.1, 0.15) is 61.8 Å². The van der Waals surface area contributed by atoms with Crippen LogP contribution in [0, 0.1) is 0 Å². The Morgan fingerprint density at radius 3 is 2.14 bits per heavy atom. The van der Waals surface area contributed by atoms with Gasteiger partial charge in [0.2, 0.25) is 0 Å². The van der Waals surface area contributed by atoms with Crippen LogP contribution in [-0.2, 0) is 9.16 Å². The summed E-state index contributed by atoms with van der Waals surface area (Å²) < 4.78 is 11.7. The van der Waals surface area contributed by atoms with E-state index in [1.165, 1.54) is 0 Å². The van der Waals surface area contributed by atoms with Crippen LogP contribution < -0.4 is 0 Å². The summed E-state index contributed by atoms with van der Waals surface area (Å²) in [5.41, 5.74) is -1.02. The second-order valence-corrected chi connectivity index (χ2v) is 11.7. The summed E-state index contributed by atoms with van der Waals surface area (Å²) in [5.74, 6) is 0. The minimum Gasteiger partial charge on any atom is -0.444 e. The Balaban J connectivity index is 2.83. The number of carbonyl (C=O) groups excluding carboxylic acids is 1. The van der Waals surface area contributed by atoms with Gasteiger partial charge in [0.1, 0.15) is 5.60 Å². The normalized spacial score (nSPS) is 24.3. The van der Waals surface area contributed by atoms with Crippen molar-refractivity contribution >= 4 is 15.9 Å². The van der Waals surface area contributed by atoms with Gasteiger partial charge in [-0.15, -0.1) is 0 Å². The van der Waals surface area contributed by atoms with E-state index in [-0.39, 0.29) is 17.2 Å². The van der Waals surface area contributed by atoms with Gasteiger partial charge in [0.15, 0.2) is 9.76 Å². The smallest absolute Gasteiger partial charge is 0.410 e. The van der Waals surface area contributed by atoms with Gasteiger partial charge in [-0.3, -0.25) is 4.90 Å². The van der Waals surface area contributed by atoms with Crippen LogP contribution >= 0.6 is 0 Å². The maximum atomic E-state index is 12.4. The van der Waals surface area contributed by atoms with Gasteiger partial charge in [0, 0.05) is 0 Å². The number of aliphatic hydroxyl groups excluding tert-OH is 1. The summed E-state index contributed by atoms with van der Waals surface area (Å²) in [6.45, 7) is 16.4. The topological polar surface area (TPSA) is 59.0 Å². The molecule has 0 aromatic heterocycles. The SMILES string of the molecule is CC(C)(C)OC(=O)N1C[C@@H](O)C[C@@H]1C(C)(C)O[SiH2]C(C)(C)C. The molecule has 1 saturated heterocycles. The summed E-state index contributed by atoms with van der Waals surface area (Å²) in [5, 5.41) is 10.2. The molecule has 0 bridgehead atoms. The standard InChI is InChI=1S/C16H33NO4Si/c1-14(2,3)20-13(19)17-10-11(18)9-12(17)16(7,8)21-22-15(4,5)6/h11-12,18H,9-10,22H2,1-8H3/t11-,12+/m0/s1. The molecule has 2 atom stereocenters. The molecule has 1 aliphatic heterocycles. The Morgan fingerprint density at radius 2 is 1.68 bits per heavy atom. The second-order valence-electron chi connectivity index (χ2n) is 8.99. The predicted octanol–water partition coefficient (Wildman–Crippen LogP) is 2.45. The molecule has 0 saturated carbocycles. The maximum Gasteiger partial charge on any atom is 0.410 e. The minimum atomic E-state index is -0.746. The molecule has 0 aliphatic carbocycles. The summed E-state index contributed by atoms with van der Waals surface area (Å²) in [6.07, 6.45) is -0.357. The molecule has 0 unspecified atom stereocenters. The van der Waals surface area contributed by atoms with Gasteiger partial charge >= 0.3 is 6.09 Å². The molecular formula is C16H33NO4Si. The van der Waals surface area contributed by atoms with Crippen molar-refractivity contribution in [3.05, 3.63) is 0 Å². The molecule has 6 heteroatoms. The molecule has 1 aliphatic rings. The van der Waals surface area contributed by atoms with Crippen LogP contribution in [0.25, 0.3) is 0 Å². The number of hydrogen-bond acceptors (Lipinski definition) is 4. The Kier molecular flexibility index (Phi) is 5.74. The van der Waals surface area contributed by atoms with Crippen LogP contribution in [0.15, 0.2) is 0 Å². The van der Waals surface area contributed by atoms with Gasteiger partial charge in [-0.2, -0.15) is 0 Å². The Hall–Kier alpha value is -0.593. The van der Waals surface area contributed by atoms with Gasteiger partial charge < -0.3 is 14.3 Å². The van der Waals surface area contributed by atoms with Crippen LogP contribution in [0.3, 0.4) is 0 Å². The van der Waals surface area contributed by atoms with Crippen molar-refractivity contribution in [3.63, 3.8) is 0 Å². The third-order valence-corrected chi connectivity index (χ3v) is 5.34. The first-order valence-corrected chi connectivity index (χ1v) is 9.31. The van der Waals surface area contributed by atoms with E-state index >= 15 is 0 Å². The van der Waals surface area contributed by atoms with Crippen molar-refractivity contribution < 1.29 is 19.1 Å². The number of amides is 1. The lowest BCUT2D eigenvalue weighted by Gasteiger charge is -2.39. The lowest BCUT2D eigenvalue weighted by molar-refractivity contribution is -0.0130. The number of ether oxygens (including phenoxy) is 1. The highest BCUT2D eigenvalue weighted by molar-refractivity contribution is 6.31. The zero-order valence-electron chi connectivity index (χ0n) is 15.4. The number of likely N-dealkylation sites (tertiary alicyclic amines) is 1. The molecular weight excluding hydrogens is 298 g/mol. The van der Waals surface area contributed by atoms with Gasteiger partial charge in [-0.1, -0.05) is 20.8 Å². The Morgan fingerprint density at radius 1 is 1.14 bits per heavy atom. The second kappa shape index (κ2) is 6.49. The van der Waals surface area contributed by atoms with Crippen molar-refractivity contribution in [2.75, 3.05) is 6.54 Å². The van der Waals surface area contributed by atoms with E-state index in [0.717, 1.165) is 0 Å². The Bertz CT molecular complexity index is 398. The third kappa shape index (κ3) is 5.89. The average molecular weight is 332 g/mol. The van der Waals surface area contributed by atoms with E-state index in [2.05, 4.69) is 20.8 Å². The highest BCUT2D eigenvalue weighted by Crippen LogP contribution is 2.33. The molecule has 5 nitrogen and oxygen atoms in total. The number of carbonyl (C=O) groups is 1. The monoisotopic (exact) mass is 331 g/mol. The zero-order chi connectivity index (χ0) is 17.3. The minimum absolute atomic E-state index is 0.160. The summed E-state index contributed by atoms with van der Waals surface area (Å²) in [6, 6.07) is -0.160. The van der Waals surface area contributed by atoms with E-state index < -0.39 is 27.1 Å². The van der Waals surface area contributed by atoms with Crippen molar-refractivity contribution in [2.45, 2.75) is 90.2 Å². The Labute approximate surface area is 137 Å². The van der Waals surface area contributed by atoms with E-state index in [4.69, 9.17) is 9.16 Å². The fourth-order valence-electron chi connectivity index (χ4n) is 2.49. The van der Waals surface area contributed by atoms with E-state index in [1.54, 1.807) is 4.90 Å². The van der Waals surface area contributed by atoms with Gasteiger partial charge in [0.25, 0.3) is 0 Å². The molecule has 1 N–H and O–H groups in total. The van der Waals surface area contributed by atoms with Crippen LogP contribution in [0.2, 0.25) is 5.04 Å². The number of hydrogen-bond donors (Lipinski definition) is 1. The summed E-state index contributed by atoms with van der Waals surface area (Å²) >= 11 is 0. The molecule has 130 valence electrons. The fourth-order valence-corrected chi connectivity index (χ4v) is 3.49. The number of aliphatic hydroxyl groups is 1. The summed E-state index contributed by atoms with van der Waals surface area (Å²) in [4.78, 5) is 14.0. The van der Waals surface area contributed by atoms with E-state index in [9.17, 15) is 9.90 Å². The molecule has 0 aromatic rings. The highest BCUT2D eigenvalue weighted by atomic mass is 28.2. The molecule has 1 rings (SSSR count). The third-order valence-electron chi connectivity index (χ3n) is 3.59. The lowest BCUT2D eigenvalue weighted by atomic mass is 9.96.